The van der Waals surface area contributed by atoms with Gasteiger partial charge < -0.3 is 4.90 Å². The molecule has 1 rings (SSSR count). The number of rotatable bonds is 2. The van der Waals surface area contributed by atoms with E-state index >= 15 is 0 Å². The van der Waals surface area contributed by atoms with Crippen LogP contribution in [0.4, 0.5) is 0 Å². The zero-order valence-electron chi connectivity index (χ0n) is 8.85. The van der Waals surface area contributed by atoms with Crippen molar-refractivity contribution < 1.29 is 0 Å². The molecule has 0 aromatic rings. The number of likely N-dealkylation sites (tertiary alicyclic amines) is 1. The molecule has 1 saturated heterocycles. The van der Waals surface area contributed by atoms with Gasteiger partial charge in [0, 0.05) is 13.1 Å². The predicted molar refractivity (Wildman–Crippen MR) is 54.3 cm³/mol. The number of allylic oxidation sites excluding steroid dienone is 1. The van der Waals surface area contributed by atoms with Crippen molar-refractivity contribution in [2.45, 2.75) is 33.6 Å². The van der Waals surface area contributed by atoms with Gasteiger partial charge >= 0.3 is 0 Å². The molecular formula is C11H21N. The maximum absolute atomic E-state index is 2.47. The Balaban J connectivity index is 2.57. The van der Waals surface area contributed by atoms with Gasteiger partial charge in [-0.3, -0.25) is 0 Å². The quantitative estimate of drug-likeness (QED) is 0.572. The van der Waals surface area contributed by atoms with Crippen molar-refractivity contribution in [2.75, 3.05) is 20.1 Å². The van der Waals surface area contributed by atoms with Gasteiger partial charge in [-0.1, -0.05) is 32.4 Å². The van der Waals surface area contributed by atoms with Crippen LogP contribution in [0, 0.1) is 5.41 Å². The van der Waals surface area contributed by atoms with E-state index < -0.39 is 0 Å². The molecular weight excluding hydrogens is 146 g/mol. The fourth-order valence-corrected chi connectivity index (χ4v) is 1.61. The summed E-state index contributed by atoms with van der Waals surface area (Å²) in [5.74, 6) is 0. The molecule has 0 amide bonds. The van der Waals surface area contributed by atoms with E-state index in [1.807, 2.05) is 0 Å². The van der Waals surface area contributed by atoms with Gasteiger partial charge in [-0.05, 0) is 25.3 Å². The lowest BCUT2D eigenvalue weighted by atomic mass is 9.88. The fourth-order valence-electron chi connectivity index (χ4n) is 1.61. The lowest BCUT2D eigenvalue weighted by Crippen LogP contribution is -2.12. The summed E-state index contributed by atoms with van der Waals surface area (Å²) in [5.41, 5.74) is 2.03. The second kappa shape index (κ2) is 3.61. The molecule has 70 valence electrons. The zero-order valence-corrected chi connectivity index (χ0v) is 8.85. The van der Waals surface area contributed by atoms with E-state index in [0.29, 0.717) is 5.41 Å². The van der Waals surface area contributed by atoms with E-state index in [-0.39, 0.29) is 0 Å². The Morgan fingerprint density at radius 3 is 2.58 bits per heavy atom. The molecule has 0 aromatic carbocycles. The van der Waals surface area contributed by atoms with Crippen molar-refractivity contribution in [2.24, 2.45) is 5.41 Å². The molecule has 0 aromatic heterocycles. The van der Waals surface area contributed by atoms with Crippen LogP contribution in [0.1, 0.15) is 33.6 Å². The average Bonchev–Trinajstić information content (AvgIpc) is 2.35. The highest BCUT2D eigenvalue weighted by atomic mass is 15.1. The first kappa shape index (κ1) is 9.79. The van der Waals surface area contributed by atoms with Gasteiger partial charge in [0.2, 0.25) is 0 Å². The summed E-state index contributed by atoms with van der Waals surface area (Å²) in [7, 11) is 2.19. The Labute approximate surface area is 76.5 Å². The van der Waals surface area contributed by atoms with Gasteiger partial charge in [0.15, 0.2) is 0 Å². The summed E-state index contributed by atoms with van der Waals surface area (Å²) in [4.78, 5) is 2.39. The Kier molecular flexibility index (Phi) is 2.94. The van der Waals surface area contributed by atoms with E-state index in [9.17, 15) is 0 Å². The predicted octanol–water partition coefficient (Wildman–Crippen LogP) is 2.68. The van der Waals surface area contributed by atoms with Crippen molar-refractivity contribution >= 4 is 0 Å². The molecule has 12 heavy (non-hydrogen) atoms. The van der Waals surface area contributed by atoms with Gasteiger partial charge in [-0.15, -0.1) is 0 Å². The summed E-state index contributed by atoms with van der Waals surface area (Å²) < 4.78 is 0. The molecule has 0 bridgehead atoms. The van der Waals surface area contributed by atoms with Crippen LogP contribution in [0.25, 0.3) is 0 Å². The van der Waals surface area contributed by atoms with E-state index in [0.717, 1.165) is 0 Å². The third kappa shape index (κ3) is 2.63. The second-order valence-electron chi connectivity index (χ2n) is 4.63. The minimum absolute atomic E-state index is 0.403. The van der Waals surface area contributed by atoms with Gasteiger partial charge in [0.25, 0.3) is 0 Å². The maximum Gasteiger partial charge on any atom is 0.0190 e. The number of hydrogen-bond acceptors (Lipinski definition) is 1. The van der Waals surface area contributed by atoms with Crippen molar-refractivity contribution in [1.82, 2.24) is 4.90 Å². The summed E-state index contributed by atoms with van der Waals surface area (Å²) in [6, 6.07) is 0. The zero-order chi connectivity index (χ0) is 9.19. The summed E-state index contributed by atoms with van der Waals surface area (Å²) >= 11 is 0. The molecule has 1 heteroatoms. The number of nitrogens with zero attached hydrogens (tertiary/aromatic N) is 1. The van der Waals surface area contributed by atoms with Crippen LogP contribution in [-0.2, 0) is 0 Å². The van der Waals surface area contributed by atoms with Crippen molar-refractivity contribution in [3.63, 3.8) is 0 Å². The molecule has 1 fully saturated rings. The lowest BCUT2D eigenvalue weighted by molar-refractivity contribution is 0.422. The molecule has 0 N–H and O–H groups in total. The van der Waals surface area contributed by atoms with Gasteiger partial charge in [0.05, 0.1) is 0 Å². The number of likely N-dealkylation sites (N-methyl/N-ethyl adjacent to an activating group) is 1. The molecule has 0 saturated carbocycles. The fraction of sp³-hybridized carbons (Fsp3) is 0.818. The van der Waals surface area contributed by atoms with Crippen LogP contribution in [0.3, 0.4) is 0 Å². The third-order valence-corrected chi connectivity index (χ3v) is 2.79. The summed E-state index contributed by atoms with van der Waals surface area (Å²) in [6.45, 7) is 9.32. The maximum atomic E-state index is 2.47. The van der Waals surface area contributed by atoms with Crippen molar-refractivity contribution in [3.8, 4) is 0 Å². The Bertz CT molecular complexity index is 179. The highest BCUT2D eigenvalue weighted by Crippen LogP contribution is 2.26. The molecule has 1 heterocycles. The standard InChI is InChI=1S/C11H21N/c1-5-11(2,3)8-10-6-7-12(4)9-10/h8H,5-7,9H2,1-4H3/b10-8-. The second-order valence-corrected chi connectivity index (χ2v) is 4.63. The molecule has 1 aliphatic rings. The first-order chi connectivity index (χ1) is 5.53. The molecule has 1 nitrogen and oxygen atoms in total. The monoisotopic (exact) mass is 167 g/mol. The molecule has 0 radical (unpaired) electrons. The SMILES string of the molecule is CCC(C)(C)/C=C1/CCN(C)C1. The normalized spacial score (nSPS) is 23.8. The van der Waals surface area contributed by atoms with Crippen LogP contribution < -0.4 is 0 Å². The Morgan fingerprint density at radius 1 is 1.50 bits per heavy atom. The Morgan fingerprint density at radius 2 is 2.17 bits per heavy atom. The largest absolute Gasteiger partial charge is 0.302 e. The molecule has 1 aliphatic heterocycles. The summed E-state index contributed by atoms with van der Waals surface area (Å²) in [6.07, 6.45) is 4.98. The van der Waals surface area contributed by atoms with Crippen LogP contribution in [0.15, 0.2) is 11.6 Å². The highest BCUT2D eigenvalue weighted by Gasteiger charge is 2.17. The Hall–Kier alpha value is -0.300. The molecule has 0 atom stereocenters. The van der Waals surface area contributed by atoms with Crippen LogP contribution >= 0.6 is 0 Å². The van der Waals surface area contributed by atoms with E-state index in [2.05, 4.69) is 38.8 Å². The van der Waals surface area contributed by atoms with Crippen molar-refractivity contribution in [1.29, 1.82) is 0 Å². The minimum atomic E-state index is 0.403. The highest BCUT2D eigenvalue weighted by molar-refractivity contribution is 5.13. The van der Waals surface area contributed by atoms with Crippen molar-refractivity contribution in [3.05, 3.63) is 11.6 Å². The lowest BCUT2D eigenvalue weighted by Gasteiger charge is -2.18. The van der Waals surface area contributed by atoms with E-state index in [1.165, 1.54) is 25.9 Å². The van der Waals surface area contributed by atoms with Crippen LogP contribution in [-0.4, -0.2) is 25.0 Å². The first-order valence-corrected chi connectivity index (χ1v) is 4.92. The molecule has 0 unspecified atom stereocenters. The molecule has 0 aliphatic carbocycles. The van der Waals surface area contributed by atoms with Crippen LogP contribution in [0.5, 0.6) is 0 Å². The van der Waals surface area contributed by atoms with Gasteiger partial charge in [0.1, 0.15) is 0 Å². The van der Waals surface area contributed by atoms with E-state index in [1.54, 1.807) is 5.57 Å². The minimum Gasteiger partial charge on any atom is -0.302 e. The smallest absolute Gasteiger partial charge is 0.0190 e. The first-order valence-electron chi connectivity index (χ1n) is 4.92. The van der Waals surface area contributed by atoms with Crippen LogP contribution in [0.2, 0.25) is 0 Å². The van der Waals surface area contributed by atoms with E-state index in [4.69, 9.17) is 0 Å². The average molecular weight is 167 g/mol. The topological polar surface area (TPSA) is 3.24 Å². The molecule has 0 spiro atoms. The van der Waals surface area contributed by atoms with Gasteiger partial charge in [-0.2, -0.15) is 0 Å². The summed E-state index contributed by atoms with van der Waals surface area (Å²) in [5, 5.41) is 0. The van der Waals surface area contributed by atoms with Gasteiger partial charge in [-0.25, -0.2) is 0 Å². The third-order valence-electron chi connectivity index (χ3n) is 2.79. The number of hydrogen-bond donors (Lipinski definition) is 0.